The maximum absolute atomic E-state index is 11.8. The first-order valence-corrected chi connectivity index (χ1v) is 5.92. The van der Waals surface area contributed by atoms with Crippen LogP contribution in [-0.4, -0.2) is 34.9 Å². The van der Waals surface area contributed by atoms with E-state index >= 15 is 0 Å². The summed E-state index contributed by atoms with van der Waals surface area (Å²) in [5.41, 5.74) is 0.771. The maximum atomic E-state index is 11.8. The van der Waals surface area contributed by atoms with E-state index in [-0.39, 0.29) is 19.6 Å². The van der Waals surface area contributed by atoms with E-state index in [2.05, 4.69) is 5.10 Å². The molecule has 0 saturated heterocycles. The number of nitrogens with zero attached hydrogens (tertiary/aromatic N) is 2. The number of esters is 2. The first-order valence-electron chi connectivity index (χ1n) is 5.92. The van der Waals surface area contributed by atoms with Crippen LogP contribution >= 0.6 is 0 Å². The van der Waals surface area contributed by atoms with Gasteiger partial charge in [0.1, 0.15) is 0 Å². The van der Waals surface area contributed by atoms with Gasteiger partial charge in [0, 0.05) is 6.20 Å². The smallest absolute Gasteiger partial charge is 0.331 e. The lowest BCUT2D eigenvalue weighted by atomic mass is 10.2. The van der Waals surface area contributed by atoms with Gasteiger partial charge in [-0.25, -0.2) is 4.79 Å². The number of rotatable bonds is 6. The zero-order chi connectivity index (χ0) is 13.5. The average Bonchev–Trinajstić information content (AvgIpc) is 2.73. The second kappa shape index (κ2) is 6.78. The predicted octanol–water partition coefficient (Wildman–Crippen LogP) is 1.25. The van der Waals surface area contributed by atoms with Gasteiger partial charge in [0.05, 0.1) is 25.3 Å². The van der Waals surface area contributed by atoms with Crippen molar-refractivity contribution in [3.8, 4) is 0 Å². The Kier molecular flexibility index (Phi) is 5.35. The minimum Gasteiger partial charge on any atom is -0.466 e. The number of hydrogen-bond donors (Lipinski definition) is 0. The third-order valence-electron chi connectivity index (χ3n) is 2.29. The SMILES string of the molecule is CCOC(=O)CC(C(=O)OCC)n1ccc(C)n1. The van der Waals surface area contributed by atoms with Crippen LogP contribution in [0.15, 0.2) is 12.3 Å². The van der Waals surface area contributed by atoms with Crippen LogP contribution in [0.4, 0.5) is 0 Å². The van der Waals surface area contributed by atoms with Crippen molar-refractivity contribution in [2.24, 2.45) is 0 Å². The summed E-state index contributed by atoms with van der Waals surface area (Å²) in [5, 5.41) is 4.14. The highest BCUT2D eigenvalue weighted by Gasteiger charge is 2.26. The highest BCUT2D eigenvalue weighted by molar-refractivity contribution is 5.81. The highest BCUT2D eigenvalue weighted by atomic mass is 16.5. The molecule has 0 N–H and O–H groups in total. The molecule has 0 aromatic carbocycles. The third kappa shape index (κ3) is 3.87. The van der Waals surface area contributed by atoms with Gasteiger partial charge in [-0.15, -0.1) is 0 Å². The van der Waals surface area contributed by atoms with E-state index in [0.717, 1.165) is 5.69 Å². The van der Waals surface area contributed by atoms with Crippen molar-refractivity contribution in [2.45, 2.75) is 33.2 Å². The summed E-state index contributed by atoms with van der Waals surface area (Å²) in [6, 6.07) is 0.995. The highest BCUT2D eigenvalue weighted by Crippen LogP contribution is 2.14. The van der Waals surface area contributed by atoms with E-state index in [4.69, 9.17) is 9.47 Å². The number of aromatic nitrogens is 2. The van der Waals surface area contributed by atoms with Gasteiger partial charge in [0.25, 0.3) is 0 Å². The van der Waals surface area contributed by atoms with E-state index in [1.54, 1.807) is 26.1 Å². The summed E-state index contributed by atoms with van der Waals surface area (Å²) < 4.78 is 11.2. The Morgan fingerprint density at radius 3 is 2.50 bits per heavy atom. The van der Waals surface area contributed by atoms with E-state index in [0.29, 0.717) is 0 Å². The van der Waals surface area contributed by atoms with Crippen LogP contribution in [0.1, 0.15) is 32.0 Å². The molecule has 0 fully saturated rings. The Balaban J connectivity index is 2.81. The van der Waals surface area contributed by atoms with Gasteiger partial charge in [0.15, 0.2) is 6.04 Å². The number of hydrogen-bond acceptors (Lipinski definition) is 5. The third-order valence-corrected chi connectivity index (χ3v) is 2.29. The van der Waals surface area contributed by atoms with Crippen LogP contribution in [-0.2, 0) is 19.1 Å². The summed E-state index contributed by atoms with van der Waals surface area (Å²) in [5.74, 6) is -0.919. The molecule has 0 radical (unpaired) electrons. The molecule has 1 aromatic rings. The summed E-state index contributed by atoms with van der Waals surface area (Å²) >= 11 is 0. The van der Waals surface area contributed by atoms with Crippen molar-refractivity contribution >= 4 is 11.9 Å². The molecule has 6 nitrogen and oxygen atoms in total. The van der Waals surface area contributed by atoms with E-state index in [1.807, 2.05) is 6.92 Å². The molecular formula is C12H18N2O4. The van der Waals surface area contributed by atoms with Gasteiger partial charge in [-0.1, -0.05) is 0 Å². The van der Waals surface area contributed by atoms with E-state index < -0.39 is 18.0 Å². The number of ether oxygens (including phenoxy) is 2. The van der Waals surface area contributed by atoms with Crippen LogP contribution < -0.4 is 0 Å². The molecule has 0 amide bonds. The lowest BCUT2D eigenvalue weighted by Gasteiger charge is -2.15. The van der Waals surface area contributed by atoms with Crippen LogP contribution in [0.25, 0.3) is 0 Å². The Morgan fingerprint density at radius 2 is 2.00 bits per heavy atom. The lowest BCUT2D eigenvalue weighted by molar-refractivity contribution is -0.154. The lowest BCUT2D eigenvalue weighted by Crippen LogP contribution is -2.26. The molecule has 1 atom stereocenters. The van der Waals surface area contributed by atoms with Crippen molar-refractivity contribution in [3.63, 3.8) is 0 Å². The van der Waals surface area contributed by atoms with Gasteiger partial charge in [0.2, 0.25) is 0 Å². The van der Waals surface area contributed by atoms with Gasteiger partial charge in [-0.3, -0.25) is 9.48 Å². The largest absolute Gasteiger partial charge is 0.466 e. The Hall–Kier alpha value is -1.85. The van der Waals surface area contributed by atoms with Gasteiger partial charge in [-0.2, -0.15) is 5.10 Å². The van der Waals surface area contributed by atoms with Crippen LogP contribution in [0, 0.1) is 6.92 Å². The summed E-state index contributed by atoms with van der Waals surface area (Å²) in [6.45, 7) is 5.79. The summed E-state index contributed by atoms with van der Waals surface area (Å²) in [7, 11) is 0. The van der Waals surface area contributed by atoms with Gasteiger partial charge < -0.3 is 9.47 Å². The van der Waals surface area contributed by atoms with Crippen LogP contribution in [0.3, 0.4) is 0 Å². The molecule has 0 bridgehead atoms. The van der Waals surface area contributed by atoms with Crippen molar-refractivity contribution < 1.29 is 19.1 Å². The molecule has 100 valence electrons. The molecular weight excluding hydrogens is 236 g/mol. The van der Waals surface area contributed by atoms with E-state index in [9.17, 15) is 9.59 Å². The average molecular weight is 254 g/mol. The maximum Gasteiger partial charge on any atom is 0.331 e. The monoisotopic (exact) mass is 254 g/mol. The minimum absolute atomic E-state index is 0.0756. The van der Waals surface area contributed by atoms with Crippen molar-refractivity contribution in [1.82, 2.24) is 9.78 Å². The minimum atomic E-state index is -0.766. The summed E-state index contributed by atoms with van der Waals surface area (Å²) in [4.78, 5) is 23.3. The van der Waals surface area contributed by atoms with E-state index in [1.165, 1.54) is 4.68 Å². The normalized spacial score (nSPS) is 11.9. The summed E-state index contributed by atoms with van der Waals surface area (Å²) in [6.07, 6.45) is 1.57. The molecule has 1 unspecified atom stereocenters. The number of carbonyl (C=O) groups excluding carboxylic acids is 2. The Labute approximate surface area is 106 Å². The van der Waals surface area contributed by atoms with Gasteiger partial charge in [-0.05, 0) is 26.8 Å². The quantitative estimate of drug-likeness (QED) is 0.714. The molecule has 0 aliphatic carbocycles. The molecule has 0 saturated carbocycles. The van der Waals surface area contributed by atoms with Crippen molar-refractivity contribution in [2.75, 3.05) is 13.2 Å². The molecule has 1 heterocycles. The molecule has 6 heteroatoms. The Bertz CT molecular complexity index is 414. The predicted molar refractivity (Wildman–Crippen MR) is 63.9 cm³/mol. The molecule has 1 rings (SSSR count). The molecule has 1 aromatic heterocycles. The van der Waals surface area contributed by atoms with Crippen LogP contribution in [0.5, 0.6) is 0 Å². The fourth-order valence-electron chi connectivity index (χ4n) is 1.51. The zero-order valence-electron chi connectivity index (χ0n) is 10.9. The van der Waals surface area contributed by atoms with Crippen molar-refractivity contribution in [3.05, 3.63) is 18.0 Å². The number of aryl methyl sites for hydroxylation is 1. The topological polar surface area (TPSA) is 70.4 Å². The molecule has 0 aliphatic heterocycles. The first-order chi connectivity index (χ1) is 8.58. The molecule has 0 aliphatic rings. The molecule has 18 heavy (non-hydrogen) atoms. The van der Waals surface area contributed by atoms with Gasteiger partial charge >= 0.3 is 11.9 Å². The zero-order valence-corrected chi connectivity index (χ0v) is 10.9. The second-order valence-corrected chi connectivity index (χ2v) is 3.71. The fourth-order valence-corrected chi connectivity index (χ4v) is 1.51. The number of carbonyl (C=O) groups is 2. The second-order valence-electron chi connectivity index (χ2n) is 3.71. The fraction of sp³-hybridized carbons (Fsp3) is 0.583. The standard InChI is InChI=1S/C12H18N2O4/c1-4-17-11(15)8-10(12(16)18-5-2)14-7-6-9(3)13-14/h6-7,10H,4-5,8H2,1-3H3. The molecule has 0 spiro atoms. The van der Waals surface area contributed by atoms with Crippen LogP contribution in [0.2, 0.25) is 0 Å². The Morgan fingerprint density at radius 1 is 1.33 bits per heavy atom. The first kappa shape index (κ1) is 14.2. The van der Waals surface area contributed by atoms with Crippen molar-refractivity contribution in [1.29, 1.82) is 0 Å².